The Morgan fingerprint density at radius 2 is 2.00 bits per heavy atom. The second-order valence-electron chi connectivity index (χ2n) is 6.63. The number of nitrogens with zero attached hydrogens (tertiary/aromatic N) is 3. The van der Waals surface area contributed by atoms with Gasteiger partial charge in [0.1, 0.15) is 29.1 Å². The minimum atomic E-state index is -0.687. The summed E-state index contributed by atoms with van der Waals surface area (Å²) in [4.78, 5) is 20.9. The van der Waals surface area contributed by atoms with Crippen LogP contribution in [0, 0.1) is 11.6 Å². The van der Waals surface area contributed by atoms with Crippen molar-refractivity contribution >= 4 is 5.91 Å². The van der Waals surface area contributed by atoms with Crippen LogP contribution in [0.3, 0.4) is 0 Å². The Morgan fingerprint density at radius 3 is 2.73 bits per heavy atom. The molecule has 138 valence electrons. The van der Waals surface area contributed by atoms with Crippen LogP contribution in [0.1, 0.15) is 11.5 Å². The predicted octanol–water partition coefficient (Wildman–Crippen LogP) is 1.84. The number of carbonyl (C=O) groups excluding carboxylic acids is 1. The predicted molar refractivity (Wildman–Crippen MR) is 88.2 cm³/mol. The number of carbonyl (C=O) groups is 1. The van der Waals surface area contributed by atoms with Gasteiger partial charge in [0, 0.05) is 31.1 Å². The van der Waals surface area contributed by atoms with E-state index in [-0.39, 0.29) is 23.4 Å². The van der Waals surface area contributed by atoms with Crippen LogP contribution < -0.4 is 0 Å². The summed E-state index contributed by atoms with van der Waals surface area (Å²) in [7, 11) is 1.91. The molecule has 1 atom stereocenters. The van der Waals surface area contributed by atoms with Crippen LogP contribution in [0.5, 0.6) is 0 Å². The van der Waals surface area contributed by atoms with Crippen molar-refractivity contribution in [1.29, 1.82) is 0 Å². The Kier molecular flexibility index (Phi) is 4.46. The third-order valence-corrected chi connectivity index (χ3v) is 4.83. The number of halogens is 2. The van der Waals surface area contributed by atoms with Crippen molar-refractivity contribution < 1.29 is 22.7 Å². The molecule has 1 saturated heterocycles. The van der Waals surface area contributed by atoms with Gasteiger partial charge in [0.15, 0.2) is 0 Å². The molecule has 2 aliphatic rings. The number of hydrogen-bond donors (Lipinski definition) is 0. The van der Waals surface area contributed by atoms with Gasteiger partial charge in [0.2, 0.25) is 11.8 Å². The highest BCUT2D eigenvalue weighted by Crippen LogP contribution is 2.27. The summed E-state index contributed by atoms with van der Waals surface area (Å²) in [6, 6.07) is 2.86. The van der Waals surface area contributed by atoms with E-state index in [9.17, 15) is 13.6 Å². The lowest BCUT2D eigenvalue weighted by atomic mass is 10.1. The zero-order valence-corrected chi connectivity index (χ0v) is 14.4. The summed E-state index contributed by atoms with van der Waals surface area (Å²) in [5.41, 5.74) is 0.874. The number of rotatable bonds is 2. The van der Waals surface area contributed by atoms with E-state index in [1.165, 1.54) is 12.1 Å². The maximum atomic E-state index is 13.4. The number of ether oxygens (including phenoxy) is 1. The number of amides is 1. The third kappa shape index (κ3) is 3.22. The molecule has 1 aromatic carbocycles. The second kappa shape index (κ2) is 6.77. The van der Waals surface area contributed by atoms with Crippen LogP contribution in [0.15, 0.2) is 22.6 Å². The fourth-order valence-electron chi connectivity index (χ4n) is 3.34. The molecule has 0 N–H and O–H groups in total. The van der Waals surface area contributed by atoms with E-state index in [0.29, 0.717) is 44.2 Å². The van der Waals surface area contributed by atoms with Crippen molar-refractivity contribution in [2.24, 2.45) is 0 Å². The number of morpholine rings is 1. The molecule has 0 aliphatic carbocycles. The number of benzene rings is 1. The number of hydrogen-bond acceptors (Lipinski definition) is 5. The smallest absolute Gasteiger partial charge is 0.242 e. The molecule has 4 rings (SSSR count). The van der Waals surface area contributed by atoms with Crippen molar-refractivity contribution in [2.45, 2.75) is 19.0 Å². The molecule has 0 spiro atoms. The standard InChI is InChI=1S/C18H19F2N3O3/c1-22-4-5-25-10-15(22)18(24)23-3-2-16-14(9-23)21-17(26-16)11-6-12(19)8-13(20)7-11/h6-8,15H,2-5,9-10H2,1H3/t15-/m0/s1. The van der Waals surface area contributed by atoms with Crippen molar-refractivity contribution in [1.82, 2.24) is 14.8 Å². The van der Waals surface area contributed by atoms with E-state index in [1.54, 1.807) is 4.90 Å². The van der Waals surface area contributed by atoms with E-state index >= 15 is 0 Å². The number of fused-ring (bicyclic) bond motifs is 1. The highest BCUT2D eigenvalue weighted by molar-refractivity contribution is 5.82. The van der Waals surface area contributed by atoms with Gasteiger partial charge in [-0.25, -0.2) is 13.8 Å². The zero-order valence-electron chi connectivity index (χ0n) is 14.4. The van der Waals surface area contributed by atoms with E-state index < -0.39 is 11.6 Å². The summed E-state index contributed by atoms with van der Waals surface area (Å²) < 4.78 is 38.0. The number of likely N-dealkylation sites (N-methyl/N-ethyl adjacent to an activating group) is 1. The van der Waals surface area contributed by atoms with Gasteiger partial charge >= 0.3 is 0 Å². The van der Waals surface area contributed by atoms with Crippen LogP contribution in [-0.4, -0.2) is 60.1 Å². The first-order valence-electron chi connectivity index (χ1n) is 8.53. The molecule has 0 saturated carbocycles. The van der Waals surface area contributed by atoms with Gasteiger partial charge in [0.05, 0.1) is 19.8 Å². The van der Waals surface area contributed by atoms with Crippen LogP contribution in [0.25, 0.3) is 11.5 Å². The van der Waals surface area contributed by atoms with Gasteiger partial charge in [0.25, 0.3) is 0 Å². The number of oxazole rings is 1. The van der Waals surface area contributed by atoms with Crippen molar-refractivity contribution in [2.75, 3.05) is 33.4 Å². The Balaban J connectivity index is 1.54. The normalized spacial score (nSPS) is 20.9. The topological polar surface area (TPSA) is 58.8 Å². The highest BCUT2D eigenvalue weighted by atomic mass is 19.1. The Hall–Kier alpha value is -2.32. The summed E-state index contributed by atoms with van der Waals surface area (Å²) in [5, 5.41) is 0. The monoisotopic (exact) mass is 363 g/mol. The molecule has 2 aliphatic heterocycles. The molecule has 8 heteroatoms. The first-order chi connectivity index (χ1) is 12.5. The minimum absolute atomic E-state index is 0.000741. The summed E-state index contributed by atoms with van der Waals surface area (Å²) in [6.45, 7) is 2.56. The quantitative estimate of drug-likeness (QED) is 0.815. The van der Waals surface area contributed by atoms with Crippen molar-refractivity contribution in [3.8, 4) is 11.5 Å². The fourth-order valence-corrected chi connectivity index (χ4v) is 3.34. The SMILES string of the molecule is CN1CCOC[C@H]1C(=O)N1CCc2oc(-c3cc(F)cc(F)c3)nc2C1. The lowest BCUT2D eigenvalue weighted by Gasteiger charge is -2.36. The highest BCUT2D eigenvalue weighted by Gasteiger charge is 2.33. The third-order valence-electron chi connectivity index (χ3n) is 4.83. The van der Waals surface area contributed by atoms with Crippen LogP contribution in [0.4, 0.5) is 8.78 Å². The molecule has 1 amide bonds. The molecule has 3 heterocycles. The summed E-state index contributed by atoms with van der Waals surface area (Å²) in [6.07, 6.45) is 0.517. The van der Waals surface area contributed by atoms with Gasteiger partial charge in [-0.15, -0.1) is 0 Å². The van der Waals surface area contributed by atoms with Crippen molar-refractivity contribution in [3.63, 3.8) is 0 Å². The minimum Gasteiger partial charge on any atom is -0.441 e. The Morgan fingerprint density at radius 1 is 1.23 bits per heavy atom. The lowest BCUT2D eigenvalue weighted by molar-refractivity contribution is -0.143. The van der Waals surface area contributed by atoms with Crippen molar-refractivity contribution in [3.05, 3.63) is 41.3 Å². The maximum Gasteiger partial charge on any atom is 0.242 e. The molecular weight excluding hydrogens is 344 g/mol. The molecular formula is C18H19F2N3O3. The van der Waals surface area contributed by atoms with Crippen LogP contribution in [-0.2, 0) is 22.5 Å². The second-order valence-corrected chi connectivity index (χ2v) is 6.63. The molecule has 0 radical (unpaired) electrons. The molecule has 2 aromatic rings. The molecule has 1 fully saturated rings. The average Bonchev–Trinajstić information content (AvgIpc) is 3.04. The molecule has 1 aromatic heterocycles. The van der Waals surface area contributed by atoms with Crippen LogP contribution in [0.2, 0.25) is 0 Å². The average molecular weight is 363 g/mol. The Bertz CT molecular complexity index is 819. The molecule has 0 unspecified atom stereocenters. The van der Waals surface area contributed by atoms with Gasteiger partial charge in [-0.1, -0.05) is 0 Å². The van der Waals surface area contributed by atoms with Gasteiger partial charge in [-0.2, -0.15) is 0 Å². The van der Waals surface area contributed by atoms with Gasteiger partial charge in [-0.3, -0.25) is 9.69 Å². The molecule has 26 heavy (non-hydrogen) atoms. The van der Waals surface area contributed by atoms with E-state index in [1.807, 2.05) is 11.9 Å². The summed E-state index contributed by atoms with van der Waals surface area (Å²) in [5.74, 6) is -0.552. The molecule has 6 nitrogen and oxygen atoms in total. The Labute approximate surface area is 149 Å². The zero-order chi connectivity index (χ0) is 18.3. The number of aromatic nitrogens is 1. The van der Waals surface area contributed by atoms with E-state index in [0.717, 1.165) is 12.6 Å². The lowest BCUT2D eigenvalue weighted by Crippen LogP contribution is -2.54. The van der Waals surface area contributed by atoms with Gasteiger partial charge in [-0.05, 0) is 19.2 Å². The maximum absolute atomic E-state index is 13.4. The molecule has 0 bridgehead atoms. The first-order valence-corrected chi connectivity index (χ1v) is 8.53. The first kappa shape index (κ1) is 17.1. The van der Waals surface area contributed by atoms with Gasteiger partial charge < -0.3 is 14.1 Å². The van der Waals surface area contributed by atoms with E-state index in [4.69, 9.17) is 9.15 Å². The largest absolute Gasteiger partial charge is 0.441 e. The fraction of sp³-hybridized carbons (Fsp3) is 0.444. The van der Waals surface area contributed by atoms with Crippen LogP contribution >= 0.6 is 0 Å². The summed E-state index contributed by atoms with van der Waals surface area (Å²) >= 11 is 0. The van der Waals surface area contributed by atoms with E-state index in [2.05, 4.69) is 4.98 Å².